The average molecular weight is 268 g/mol. The summed E-state index contributed by atoms with van der Waals surface area (Å²) in [7, 11) is 1.70. The molecule has 1 aliphatic heterocycles. The van der Waals surface area contributed by atoms with Crippen molar-refractivity contribution >= 4 is 5.91 Å². The average Bonchev–Trinajstić information content (AvgIpc) is 2.37. The first-order chi connectivity index (χ1) is 8.80. The number of ether oxygens (including phenoxy) is 1. The van der Waals surface area contributed by atoms with Gasteiger partial charge in [-0.2, -0.15) is 0 Å². The van der Waals surface area contributed by atoms with Gasteiger partial charge in [-0.15, -0.1) is 0 Å². The Kier molecular flexibility index (Phi) is 3.94. The molecular formula is C15H28N2O2. The van der Waals surface area contributed by atoms with Crippen LogP contribution in [0.3, 0.4) is 0 Å². The Bertz CT molecular complexity index is 352. The quantitative estimate of drug-likeness (QED) is 0.813. The molecule has 1 heterocycles. The Morgan fingerprint density at radius 1 is 1.42 bits per heavy atom. The summed E-state index contributed by atoms with van der Waals surface area (Å²) in [6.07, 6.45) is 2.79. The number of carbonyl (C=O) groups excluding carboxylic acids is 1. The Morgan fingerprint density at radius 2 is 2.11 bits per heavy atom. The maximum absolute atomic E-state index is 11.8. The zero-order valence-corrected chi connectivity index (χ0v) is 12.9. The minimum absolute atomic E-state index is 0.0913. The Balaban J connectivity index is 1.94. The largest absolute Gasteiger partial charge is 0.377 e. The zero-order valence-electron chi connectivity index (χ0n) is 12.9. The molecule has 19 heavy (non-hydrogen) atoms. The topological polar surface area (TPSA) is 50.4 Å². The second kappa shape index (κ2) is 5.06. The van der Waals surface area contributed by atoms with Gasteiger partial charge in [-0.3, -0.25) is 4.79 Å². The van der Waals surface area contributed by atoms with E-state index in [0.29, 0.717) is 24.6 Å². The van der Waals surface area contributed by atoms with Crippen LogP contribution in [0.25, 0.3) is 0 Å². The van der Waals surface area contributed by atoms with E-state index in [4.69, 9.17) is 4.74 Å². The molecule has 3 atom stereocenters. The molecule has 2 fully saturated rings. The highest BCUT2D eigenvalue weighted by atomic mass is 16.5. The van der Waals surface area contributed by atoms with Crippen LogP contribution in [0.5, 0.6) is 0 Å². The molecule has 1 aliphatic carbocycles. The van der Waals surface area contributed by atoms with Gasteiger partial charge >= 0.3 is 0 Å². The van der Waals surface area contributed by atoms with E-state index in [1.165, 1.54) is 6.42 Å². The van der Waals surface area contributed by atoms with Gasteiger partial charge in [-0.1, -0.05) is 13.8 Å². The molecule has 4 nitrogen and oxygen atoms in total. The van der Waals surface area contributed by atoms with Crippen LogP contribution in [0.15, 0.2) is 0 Å². The van der Waals surface area contributed by atoms with Crippen LogP contribution >= 0.6 is 0 Å². The second-order valence-corrected chi connectivity index (χ2v) is 7.24. The number of hydrogen-bond donors (Lipinski definition) is 2. The summed E-state index contributed by atoms with van der Waals surface area (Å²) in [5.41, 5.74) is -0.199. The number of carbonyl (C=O) groups is 1. The van der Waals surface area contributed by atoms with Crippen molar-refractivity contribution in [3.8, 4) is 0 Å². The summed E-state index contributed by atoms with van der Waals surface area (Å²) in [5.74, 6) is 0.706. The maximum atomic E-state index is 11.8. The molecule has 0 radical (unpaired) electrons. The molecule has 1 saturated carbocycles. The highest BCUT2D eigenvalue weighted by molar-refractivity contribution is 5.81. The van der Waals surface area contributed by atoms with Crippen molar-refractivity contribution in [2.75, 3.05) is 20.2 Å². The summed E-state index contributed by atoms with van der Waals surface area (Å²) in [5, 5.41) is 6.36. The van der Waals surface area contributed by atoms with Gasteiger partial charge in [-0.05, 0) is 26.7 Å². The molecular weight excluding hydrogens is 240 g/mol. The molecule has 0 aromatic heterocycles. The van der Waals surface area contributed by atoms with E-state index in [2.05, 4.69) is 24.5 Å². The van der Waals surface area contributed by atoms with E-state index in [1.807, 2.05) is 13.8 Å². The van der Waals surface area contributed by atoms with Gasteiger partial charge < -0.3 is 15.4 Å². The molecule has 0 unspecified atom stereocenters. The SMILES string of the molecule is CNC(=O)C(C)(C)CN[C@@H]1[C@@H]2CCCO[C@@H]2C1(C)C. The third-order valence-electron chi connectivity index (χ3n) is 4.94. The monoisotopic (exact) mass is 268 g/mol. The molecule has 4 heteroatoms. The third kappa shape index (κ3) is 2.52. The molecule has 2 rings (SSSR count). The van der Waals surface area contributed by atoms with Crippen LogP contribution in [0.4, 0.5) is 0 Å². The van der Waals surface area contributed by atoms with Crippen molar-refractivity contribution in [3.05, 3.63) is 0 Å². The van der Waals surface area contributed by atoms with Gasteiger partial charge in [0.2, 0.25) is 5.91 Å². The molecule has 2 aliphatic rings. The molecule has 0 spiro atoms. The molecule has 0 bridgehead atoms. The van der Waals surface area contributed by atoms with Gasteiger partial charge in [0.1, 0.15) is 0 Å². The lowest BCUT2D eigenvalue weighted by Crippen LogP contribution is -2.70. The van der Waals surface area contributed by atoms with Gasteiger partial charge in [0.05, 0.1) is 11.5 Å². The first-order valence-corrected chi connectivity index (χ1v) is 7.38. The smallest absolute Gasteiger partial charge is 0.226 e. The first-order valence-electron chi connectivity index (χ1n) is 7.38. The lowest BCUT2D eigenvalue weighted by molar-refractivity contribution is -0.193. The van der Waals surface area contributed by atoms with Gasteiger partial charge in [0.25, 0.3) is 0 Å². The lowest BCUT2D eigenvalue weighted by Gasteiger charge is -2.60. The molecule has 1 amide bonds. The fraction of sp³-hybridized carbons (Fsp3) is 0.933. The Hall–Kier alpha value is -0.610. The molecule has 110 valence electrons. The summed E-state index contributed by atoms with van der Waals surface area (Å²) < 4.78 is 5.90. The van der Waals surface area contributed by atoms with Gasteiger partial charge in [0, 0.05) is 37.6 Å². The molecule has 0 aromatic carbocycles. The summed E-state index contributed by atoms with van der Waals surface area (Å²) in [4.78, 5) is 11.8. The molecule has 1 saturated heterocycles. The highest BCUT2D eigenvalue weighted by Crippen LogP contribution is 2.51. The molecule has 0 aromatic rings. The maximum Gasteiger partial charge on any atom is 0.226 e. The van der Waals surface area contributed by atoms with Crippen LogP contribution in [0.2, 0.25) is 0 Å². The Morgan fingerprint density at radius 3 is 2.74 bits per heavy atom. The summed E-state index contributed by atoms with van der Waals surface area (Å²) >= 11 is 0. The van der Waals surface area contributed by atoms with Crippen molar-refractivity contribution < 1.29 is 9.53 Å². The van der Waals surface area contributed by atoms with E-state index in [0.717, 1.165) is 13.0 Å². The Labute approximate surface area is 116 Å². The second-order valence-electron chi connectivity index (χ2n) is 7.24. The normalized spacial score (nSPS) is 33.2. The minimum atomic E-state index is -0.370. The van der Waals surface area contributed by atoms with Crippen molar-refractivity contribution in [1.82, 2.24) is 10.6 Å². The fourth-order valence-corrected chi connectivity index (χ4v) is 3.72. The van der Waals surface area contributed by atoms with Crippen LogP contribution in [0, 0.1) is 16.7 Å². The lowest BCUT2D eigenvalue weighted by atomic mass is 9.55. The summed E-state index contributed by atoms with van der Waals surface area (Å²) in [6.45, 7) is 10.1. The molecule has 2 N–H and O–H groups in total. The third-order valence-corrected chi connectivity index (χ3v) is 4.94. The predicted molar refractivity (Wildman–Crippen MR) is 75.9 cm³/mol. The van der Waals surface area contributed by atoms with Crippen LogP contribution in [0.1, 0.15) is 40.5 Å². The van der Waals surface area contributed by atoms with E-state index in [-0.39, 0.29) is 16.7 Å². The zero-order chi connectivity index (χ0) is 14.3. The van der Waals surface area contributed by atoms with Gasteiger partial charge in [0.15, 0.2) is 0 Å². The predicted octanol–water partition coefficient (Wildman–Crippen LogP) is 1.55. The van der Waals surface area contributed by atoms with Crippen molar-refractivity contribution in [1.29, 1.82) is 0 Å². The van der Waals surface area contributed by atoms with Gasteiger partial charge in [-0.25, -0.2) is 0 Å². The van der Waals surface area contributed by atoms with E-state index in [9.17, 15) is 4.79 Å². The number of rotatable bonds is 4. The number of hydrogen-bond acceptors (Lipinski definition) is 3. The van der Waals surface area contributed by atoms with Crippen LogP contribution in [-0.4, -0.2) is 38.3 Å². The van der Waals surface area contributed by atoms with Crippen LogP contribution < -0.4 is 10.6 Å². The fourth-order valence-electron chi connectivity index (χ4n) is 3.72. The van der Waals surface area contributed by atoms with E-state index >= 15 is 0 Å². The van der Waals surface area contributed by atoms with Crippen molar-refractivity contribution in [2.24, 2.45) is 16.7 Å². The number of nitrogens with one attached hydrogen (secondary N) is 2. The number of fused-ring (bicyclic) bond motifs is 1. The van der Waals surface area contributed by atoms with E-state index in [1.54, 1.807) is 7.05 Å². The highest BCUT2D eigenvalue weighted by Gasteiger charge is 2.57. The van der Waals surface area contributed by atoms with Crippen LogP contribution in [-0.2, 0) is 9.53 Å². The summed E-state index contributed by atoms with van der Waals surface area (Å²) in [6, 6.07) is 0.460. The minimum Gasteiger partial charge on any atom is -0.377 e. The number of amides is 1. The van der Waals surface area contributed by atoms with E-state index < -0.39 is 0 Å². The van der Waals surface area contributed by atoms with Crippen molar-refractivity contribution in [3.63, 3.8) is 0 Å². The van der Waals surface area contributed by atoms with Crippen molar-refractivity contribution in [2.45, 2.75) is 52.7 Å². The standard InChI is InChI=1S/C15H28N2O2/c1-14(2,13(18)16-5)9-17-11-10-7-6-8-19-12(10)15(11,3)4/h10-12,17H,6-9H2,1-5H3,(H,16,18)/t10-,11+,12-/m0/s1. The first kappa shape index (κ1) is 14.8.